The molecule has 0 aliphatic heterocycles. The van der Waals surface area contributed by atoms with Gasteiger partial charge in [0.1, 0.15) is 5.75 Å². The summed E-state index contributed by atoms with van der Waals surface area (Å²) in [6.07, 6.45) is 3.82. The van der Waals surface area contributed by atoms with Crippen molar-refractivity contribution in [2.24, 2.45) is 0 Å². The highest BCUT2D eigenvalue weighted by atomic mass is 32.2. The molecule has 0 heterocycles. The first-order chi connectivity index (χ1) is 13.3. The van der Waals surface area contributed by atoms with E-state index >= 15 is 0 Å². The minimum absolute atomic E-state index is 0.303. The number of Topliss-reactive ketones (excluding diaryl/α,β-unsaturated/α-hetero) is 1. The molecule has 0 amide bonds. The molecule has 148 valence electrons. The van der Waals surface area contributed by atoms with Crippen molar-refractivity contribution in [2.45, 2.75) is 6.92 Å². The summed E-state index contributed by atoms with van der Waals surface area (Å²) < 4.78 is 35.1. The Balaban J connectivity index is 1.91. The van der Waals surface area contributed by atoms with Gasteiger partial charge in [-0.05, 0) is 43.3 Å². The van der Waals surface area contributed by atoms with Crippen molar-refractivity contribution in [3.63, 3.8) is 0 Å². The van der Waals surface area contributed by atoms with Gasteiger partial charge >= 0.3 is 5.97 Å². The number of esters is 1. The molecule has 0 bridgehead atoms. The summed E-state index contributed by atoms with van der Waals surface area (Å²) >= 11 is 0. The SMILES string of the molecule is CCOc1ccccc1/C=C/C(=O)OCC(=O)c1ccc(NS(C)(=O)=O)cc1. The molecule has 1 N–H and O–H groups in total. The fraction of sp³-hybridized carbons (Fsp3) is 0.200. The molecule has 0 aliphatic carbocycles. The van der Waals surface area contributed by atoms with Crippen LogP contribution in [0.15, 0.2) is 54.6 Å². The number of sulfonamides is 1. The third kappa shape index (κ3) is 6.88. The Morgan fingerprint density at radius 1 is 1.07 bits per heavy atom. The van der Waals surface area contributed by atoms with Crippen molar-refractivity contribution in [3.05, 3.63) is 65.7 Å². The topological polar surface area (TPSA) is 98.8 Å². The molecule has 0 spiro atoms. The van der Waals surface area contributed by atoms with Gasteiger partial charge in [-0.1, -0.05) is 18.2 Å². The van der Waals surface area contributed by atoms with Gasteiger partial charge in [0.2, 0.25) is 10.0 Å². The summed E-state index contributed by atoms with van der Waals surface area (Å²) in [5, 5.41) is 0. The first kappa shape index (κ1) is 21.2. The van der Waals surface area contributed by atoms with Gasteiger partial charge in [0.05, 0.1) is 12.9 Å². The zero-order valence-corrected chi connectivity index (χ0v) is 16.4. The van der Waals surface area contributed by atoms with E-state index in [-0.39, 0.29) is 0 Å². The highest BCUT2D eigenvalue weighted by molar-refractivity contribution is 7.92. The molecule has 0 unspecified atom stereocenters. The number of hydrogen-bond donors (Lipinski definition) is 1. The molecule has 2 aromatic carbocycles. The Morgan fingerprint density at radius 2 is 1.75 bits per heavy atom. The van der Waals surface area contributed by atoms with Crippen LogP contribution in [0.25, 0.3) is 6.08 Å². The van der Waals surface area contributed by atoms with Gasteiger partial charge in [-0.25, -0.2) is 13.2 Å². The van der Waals surface area contributed by atoms with E-state index in [0.29, 0.717) is 23.6 Å². The van der Waals surface area contributed by atoms with Gasteiger partial charge in [0, 0.05) is 22.9 Å². The Labute approximate surface area is 164 Å². The number of carbonyl (C=O) groups excluding carboxylic acids is 2. The fourth-order valence-corrected chi connectivity index (χ4v) is 2.83. The predicted molar refractivity (Wildman–Crippen MR) is 107 cm³/mol. The van der Waals surface area contributed by atoms with Crippen LogP contribution in [-0.4, -0.2) is 39.6 Å². The van der Waals surface area contributed by atoms with Crippen LogP contribution in [0.2, 0.25) is 0 Å². The van der Waals surface area contributed by atoms with Crippen molar-refractivity contribution in [2.75, 3.05) is 24.2 Å². The van der Waals surface area contributed by atoms with Crippen LogP contribution in [-0.2, 0) is 19.6 Å². The molecule has 28 heavy (non-hydrogen) atoms. The summed E-state index contributed by atoms with van der Waals surface area (Å²) in [7, 11) is -3.39. The minimum atomic E-state index is -3.39. The number of ether oxygens (including phenoxy) is 2. The second kappa shape index (κ2) is 9.70. The van der Waals surface area contributed by atoms with Gasteiger partial charge in [-0.15, -0.1) is 0 Å². The van der Waals surface area contributed by atoms with Gasteiger partial charge in [-0.3, -0.25) is 9.52 Å². The van der Waals surface area contributed by atoms with E-state index < -0.39 is 28.4 Å². The Hall–Kier alpha value is -3.13. The number of carbonyl (C=O) groups is 2. The van der Waals surface area contributed by atoms with Gasteiger partial charge in [0.15, 0.2) is 12.4 Å². The molecule has 7 nitrogen and oxygen atoms in total. The van der Waals surface area contributed by atoms with Crippen LogP contribution in [0, 0.1) is 0 Å². The van der Waals surface area contributed by atoms with Crippen LogP contribution < -0.4 is 9.46 Å². The quantitative estimate of drug-likeness (QED) is 0.393. The normalized spacial score (nSPS) is 11.2. The lowest BCUT2D eigenvalue weighted by Gasteiger charge is -2.06. The van der Waals surface area contributed by atoms with Crippen molar-refractivity contribution < 1.29 is 27.5 Å². The molecule has 0 atom stereocenters. The average molecular weight is 403 g/mol. The van der Waals surface area contributed by atoms with E-state index in [1.807, 2.05) is 19.1 Å². The highest BCUT2D eigenvalue weighted by Gasteiger charge is 2.10. The van der Waals surface area contributed by atoms with Gasteiger partial charge in [-0.2, -0.15) is 0 Å². The van der Waals surface area contributed by atoms with Crippen LogP contribution in [0.5, 0.6) is 5.75 Å². The molecule has 0 aliphatic rings. The Bertz CT molecular complexity index is 964. The molecule has 0 radical (unpaired) electrons. The van der Waals surface area contributed by atoms with Crippen molar-refractivity contribution >= 4 is 33.5 Å². The van der Waals surface area contributed by atoms with E-state index in [0.717, 1.165) is 11.8 Å². The first-order valence-corrected chi connectivity index (χ1v) is 10.4. The van der Waals surface area contributed by atoms with Crippen molar-refractivity contribution in [1.29, 1.82) is 0 Å². The van der Waals surface area contributed by atoms with E-state index in [1.165, 1.54) is 30.3 Å². The summed E-state index contributed by atoms with van der Waals surface area (Å²) in [5.74, 6) is -0.412. The largest absolute Gasteiger partial charge is 0.493 e. The second-order valence-electron chi connectivity index (χ2n) is 5.79. The lowest BCUT2D eigenvalue weighted by atomic mass is 10.1. The van der Waals surface area contributed by atoms with E-state index in [1.54, 1.807) is 18.2 Å². The lowest BCUT2D eigenvalue weighted by molar-refractivity contribution is -0.136. The molecule has 0 saturated heterocycles. The molecular weight excluding hydrogens is 382 g/mol. The highest BCUT2D eigenvalue weighted by Crippen LogP contribution is 2.19. The lowest BCUT2D eigenvalue weighted by Crippen LogP contribution is -2.13. The monoisotopic (exact) mass is 403 g/mol. The first-order valence-electron chi connectivity index (χ1n) is 8.46. The second-order valence-corrected chi connectivity index (χ2v) is 7.54. The number of nitrogens with one attached hydrogen (secondary N) is 1. The fourth-order valence-electron chi connectivity index (χ4n) is 2.27. The van der Waals surface area contributed by atoms with Gasteiger partial charge in [0.25, 0.3) is 0 Å². The van der Waals surface area contributed by atoms with Crippen molar-refractivity contribution in [1.82, 2.24) is 0 Å². The summed E-state index contributed by atoms with van der Waals surface area (Å²) in [6, 6.07) is 13.1. The number of rotatable bonds is 9. The Morgan fingerprint density at radius 3 is 2.39 bits per heavy atom. The number of hydrogen-bond acceptors (Lipinski definition) is 6. The standard InChI is InChI=1S/C20H21NO6S/c1-3-26-19-7-5-4-6-16(19)10-13-20(23)27-14-18(22)15-8-11-17(12-9-15)21-28(2,24)25/h4-13,21H,3,14H2,1-2H3/b13-10+. The van der Waals surface area contributed by atoms with E-state index in [9.17, 15) is 18.0 Å². The maximum Gasteiger partial charge on any atom is 0.331 e. The van der Waals surface area contributed by atoms with Crippen LogP contribution in [0.4, 0.5) is 5.69 Å². The zero-order valence-electron chi connectivity index (χ0n) is 15.5. The number of para-hydroxylation sites is 1. The molecule has 0 aromatic heterocycles. The number of ketones is 1. The van der Waals surface area contributed by atoms with E-state index in [4.69, 9.17) is 9.47 Å². The van der Waals surface area contributed by atoms with Crippen LogP contribution in [0.1, 0.15) is 22.8 Å². The molecule has 8 heteroatoms. The van der Waals surface area contributed by atoms with Crippen LogP contribution >= 0.6 is 0 Å². The summed E-state index contributed by atoms with van der Waals surface area (Å²) in [5.41, 5.74) is 1.37. The maximum absolute atomic E-state index is 12.1. The average Bonchev–Trinajstić information content (AvgIpc) is 2.65. The molecule has 0 saturated carbocycles. The van der Waals surface area contributed by atoms with Crippen molar-refractivity contribution in [3.8, 4) is 5.75 Å². The number of anilines is 1. The van der Waals surface area contributed by atoms with E-state index in [2.05, 4.69) is 4.72 Å². The molecular formula is C20H21NO6S. The maximum atomic E-state index is 12.1. The minimum Gasteiger partial charge on any atom is -0.493 e. The predicted octanol–water partition coefficient (Wildman–Crippen LogP) is 2.90. The third-order valence-electron chi connectivity index (χ3n) is 3.47. The number of benzene rings is 2. The summed E-state index contributed by atoms with van der Waals surface area (Å²) in [6.45, 7) is 1.95. The van der Waals surface area contributed by atoms with Gasteiger partial charge < -0.3 is 9.47 Å². The zero-order chi connectivity index (χ0) is 20.6. The molecule has 2 rings (SSSR count). The Kier molecular flexibility index (Phi) is 7.34. The third-order valence-corrected chi connectivity index (χ3v) is 4.08. The molecule has 2 aromatic rings. The summed E-state index contributed by atoms with van der Waals surface area (Å²) in [4.78, 5) is 24.0. The smallest absolute Gasteiger partial charge is 0.331 e. The molecule has 0 fully saturated rings. The van der Waals surface area contributed by atoms with Crippen LogP contribution in [0.3, 0.4) is 0 Å².